The molecule has 0 aliphatic carbocycles. The fraction of sp³-hybridized carbons (Fsp3) is 0.0588. The maximum absolute atomic E-state index is 13.5. The summed E-state index contributed by atoms with van der Waals surface area (Å²) in [6.07, 6.45) is 6.73. The lowest BCUT2D eigenvalue weighted by Crippen LogP contribution is -2.05. The zero-order chi connectivity index (χ0) is 16.4. The second kappa shape index (κ2) is 6.04. The first-order chi connectivity index (χ1) is 11.8. The summed E-state index contributed by atoms with van der Waals surface area (Å²) in [4.78, 5) is 12.7. The number of anilines is 1. The van der Waals surface area contributed by atoms with Crippen molar-refractivity contribution in [2.24, 2.45) is 0 Å². The molecule has 0 unspecified atom stereocenters. The molecule has 7 heteroatoms. The molecule has 0 radical (unpaired) electrons. The lowest BCUT2D eigenvalue weighted by molar-refractivity contribution is 0.629. The summed E-state index contributed by atoms with van der Waals surface area (Å²) in [6, 6.07) is 10.1. The van der Waals surface area contributed by atoms with Gasteiger partial charge in [-0.1, -0.05) is 0 Å². The standard InChI is InChI=1S/C17H13FN6/c18-13-2-3-15-14(9-13)17(22-11-21-15)20-10-12-4-6-19-16(8-12)24-7-1-5-23-24/h1-9,11H,10H2,(H,20,21,22). The van der Waals surface area contributed by atoms with Crippen molar-refractivity contribution in [3.63, 3.8) is 0 Å². The van der Waals surface area contributed by atoms with Gasteiger partial charge in [-0.25, -0.2) is 24.0 Å². The van der Waals surface area contributed by atoms with Crippen molar-refractivity contribution in [3.8, 4) is 5.82 Å². The van der Waals surface area contributed by atoms with E-state index in [4.69, 9.17) is 0 Å². The Bertz CT molecular complexity index is 983. The van der Waals surface area contributed by atoms with Gasteiger partial charge in [-0.15, -0.1) is 0 Å². The van der Waals surface area contributed by atoms with Crippen molar-refractivity contribution in [3.05, 3.63) is 72.7 Å². The molecule has 3 heterocycles. The zero-order valence-electron chi connectivity index (χ0n) is 12.6. The van der Waals surface area contributed by atoms with E-state index in [1.807, 2.05) is 24.4 Å². The van der Waals surface area contributed by atoms with Crippen LogP contribution >= 0.6 is 0 Å². The van der Waals surface area contributed by atoms with E-state index in [1.165, 1.54) is 18.5 Å². The van der Waals surface area contributed by atoms with Gasteiger partial charge >= 0.3 is 0 Å². The first kappa shape index (κ1) is 14.3. The van der Waals surface area contributed by atoms with Crippen LogP contribution in [0.5, 0.6) is 0 Å². The predicted octanol–water partition coefficient (Wildman–Crippen LogP) is 2.96. The summed E-state index contributed by atoms with van der Waals surface area (Å²) in [6.45, 7) is 0.527. The minimum absolute atomic E-state index is 0.315. The maximum atomic E-state index is 13.5. The third-order valence-electron chi connectivity index (χ3n) is 3.61. The molecule has 0 spiro atoms. The minimum Gasteiger partial charge on any atom is -0.365 e. The molecule has 6 nitrogen and oxygen atoms in total. The maximum Gasteiger partial charge on any atom is 0.153 e. The van der Waals surface area contributed by atoms with E-state index < -0.39 is 0 Å². The highest BCUT2D eigenvalue weighted by Gasteiger charge is 2.06. The summed E-state index contributed by atoms with van der Waals surface area (Å²) in [5.41, 5.74) is 1.71. The summed E-state index contributed by atoms with van der Waals surface area (Å²) in [7, 11) is 0. The number of hydrogen-bond acceptors (Lipinski definition) is 5. The van der Waals surface area contributed by atoms with Gasteiger partial charge in [0.15, 0.2) is 5.82 Å². The molecular formula is C17H13FN6. The molecule has 1 aromatic carbocycles. The predicted molar refractivity (Wildman–Crippen MR) is 88.2 cm³/mol. The second-order valence-electron chi connectivity index (χ2n) is 5.21. The van der Waals surface area contributed by atoms with Gasteiger partial charge in [0.1, 0.15) is 18.0 Å². The molecule has 1 N–H and O–H groups in total. The smallest absolute Gasteiger partial charge is 0.153 e. The van der Waals surface area contributed by atoms with Crippen molar-refractivity contribution >= 4 is 16.7 Å². The molecular weight excluding hydrogens is 307 g/mol. The molecule has 0 aliphatic heterocycles. The van der Waals surface area contributed by atoms with E-state index >= 15 is 0 Å². The molecule has 0 atom stereocenters. The molecule has 24 heavy (non-hydrogen) atoms. The summed E-state index contributed by atoms with van der Waals surface area (Å²) in [5.74, 6) is 1.01. The third kappa shape index (κ3) is 2.79. The molecule has 118 valence electrons. The molecule has 3 aromatic heterocycles. The molecule has 0 saturated heterocycles. The largest absolute Gasteiger partial charge is 0.365 e. The second-order valence-corrected chi connectivity index (χ2v) is 5.21. The Balaban J connectivity index is 1.59. The van der Waals surface area contributed by atoms with Crippen molar-refractivity contribution in [1.29, 1.82) is 0 Å². The van der Waals surface area contributed by atoms with Crippen LogP contribution in [0.1, 0.15) is 5.56 Å². The number of nitrogens with one attached hydrogen (secondary N) is 1. The lowest BCUT2D eigenvalue weighted by atomic mass is 10.2. The highest BCUT2D eigenvalue weighted by Crippen LogP contribution is 2.20. The number of pyridine rings is 1. The van der Waals surface area contributed by atoms with E-state index in [0.717, 1.165) is 11.4 Å². The number of nitrogens with zero attached hydrogens (tertiary/aromatic N) is 5. The Hall–Kier alpha value is -3.35. The topological polar surface area (TPSA) is 68.5 Å². The Kier molecular flexibility index (Phi) is 3.59. The van der Waals surface area contributed by atoms with Crippen molar-refractivity contribution in [1.82, 2.24) is 24.7 Å². The van der Waals surface area contributed by atoms with Crippen LogP contribution in [0.4, 0.5) is 10.2 Å². The molecule has 4 rings (SSSR count). The summed E-state index contributed by atoms with van der Waals surface area (Å²) < 4.78 is 15.2. The van der Waals surface area contributed by atoms with Crippen molar-refractivity contribution in [2.45, 2.75) is 6.54 Å². The normalized spacial score (nSPS) is 10.9. The number of hydrogen-bond donors (Lipinski definition) is 1. The van der Waals surface area contributed by atoms with Gasteiger partial charge in [0.05, 0.1) is 5.52 Å². The van der Waals surface area contributed by atoms with E-state index in [2.05, 4.69) is 25.4 Å². The van der Waals surface area contributed by atoms with Gasteiger partial charge < -0.3 is 5.32 Å². The number of halogens is 1. The molecule has 4 aromatic rings. The van der Waals surface area contributed by atoms with Gasteiger partial charge in [0, 0.05) is 30.5 Å². The third-order valence-corrected chi connectivity index (χ3v) is 3.61. The van der Waals surface area contributed by atoms with Gasteiger partial charge in [-0.2, -0.15) is 5.10 Å². The Morgan fingerprint density at radius 1 is 1.04 bits per heavy atom. The number of rotatable bonds is 4. The van der Waals surface area contributed by atoms with Gasteiger partial charge in [-0.05, 0) is 42.0 Å². The van der Waals surface area contributed by atoms with E-state index in [9.17, 15) is 4.39 Å². The quantitative estimate of drug-likeness (QED) is 0.626. The van der Waals surface area contributed by atoms with Gasteiger partial charge in [-0.3, -0.25) is 0 Å². The molecule has 0 aliphatic rings. The van der Waals surface area contributed by atoms with Crippen LogP contribution in [0.25, 0.3) is 16.7 Å². The first-order valence-corrected chi connectivity index (χ1v) is 7.39. The SMILES string of the molecule is Fc1ccc2ncnc(NCc3ccnc(-n4cccn4)c3)c2c1. The fourth-order valence-electron chi connectivity index (χ4n) is 2.46. The highest BCUT2D eigenvalue weighted by molar-refractivity contribution is 5.88. The van der Waals surface area contributed by atoms with Crippen LogP contribution in [-0.4, -0.2) is 24.7 Å². The van der Waals surface area contributed by atoms with Crippen LogP contribution in [0.2, 0.25) is 0 Å². The van der Waals surface area contributed by atoms with Crippen molar-refractivity contribution < 1.29 is 4.39 Å². The summed E-state index contributed by atoms with van der Waals surface area (Å²) >= 11 is 0. The molecule has 0 bridgehead atoms. The van der Waals surface area contributed by atoms with Crippen LogP contribution in [0.3, 0.4) is 0 Å². The van der Waals surface area contributed by atoms with E-state index in [1.54, 1.807) is 23.1 Å². The Morgan fingerprint density at radius 2 is 2.00 bits per heavy atom. The van der Waals surface area contributed by atoms with E-state index in [0.29, 0.717) is 23.3 Å². The fourth-order valence-corrected chi connectivity index (χ4v) is 2.46. The number of fused-ring (bicyclic) bond motifs is 1. The summed E-state index contributed by atoms with van der Waals surface area (Å²) in [5, 5.41) is 8.05. The van der Waals surface area contributed by atoms with Crippen LogP contribution in [0, 0.1) is 5.82 Å². The van der Waals surface area contributed by atoms with Crippen LogP contribution < -0.4 is 5.32 Å². The van der Waals surface area contributed by atoms with Crippen LogP contribution in [0.15, 0.2) is 61.3 Å². The zero-order valence-corrected chi connectivity index (χ0v) is 12.6. The number of aromatic nitrogens is 5. The molecule has 0 amide bonds. The van der Waals surface area contributed by atoms with Gasteiger partial charge in [0.25, 0.3) is 0 Å². The average Bonchev–Trinajstić information content (AvgIpc) is 3.15. The lowest BCUT2D eigenvalue weighted by Gasteiger charge is -2.09. The highest BCUT2D eigenvalue weighted by atomic mass is 19.1. The van der Waals surface area contributed by atoms with E-state index in [-0.39, 0.29) is 5.82 Å². The molecule has 0 saturated carbocycles. The van der Waals surface area contributed by atoms with Crippen LogP contribution in [-0.2, 0) is 6.54 Å². The minimum atomic E-state index is -0.315. The van der Waals surface area contributed by atoms with Crippen molar-refractivity contribution in [2.75, 3.05) is 5.32 Å². The molecule has 0 fully saturated rings. The first-order valence-electron chi connectivity index (χ1n) is 7.39. The monoisotopic (exact) mass is 320 g/mol. The Labute approximate surface area is 137 Å². The van der Waals surface area contributed by atoms with Gasteiger partial charge in [0.2, 0.25) is 0 Å². The Morgan fingerprint density at radius 3 is 2.88 bits per heavy atom. The number of benzene rings is 1. The average molecular weight is 320 g/mol.